The van der Waals surface area contributed by atoms with Crippen LogP contribution in [0.25, 0.3) is 0 Å². The number of allylic oxidation sites excluding steroid dienone is 2. The van der Waals surface area contributed by atoms with E-state index in [1.165, 1.54) is 19.5 Å². The fourth-order valence-corrected chi connectivity index (χ4v) is 1.91. The monoisotopic (exact) mass is 153 g/mol. The second-order valence-electron chi connectivity index (χ2n) is 3.72. The molecule has 0 aromatic rings. The average molecular weight is 153 g/mol. The summed E-state index contributed by atoms with van der Waals surface area (Å²) < 4.78 is 0. The van der Waals surface area contributed by atoms with Gasteiger partial charge in [0, 0.05) is 6.54 Å². The highest BCUT2D eigenvalue weighted by Crippen LogP contribution is 2.23. The molecule has 0 amide bonds. The van der Waals surface area contributed by atoms with Crippen LogP contribution in [0.15, 0.2) is 12.2 Å². The van der Waals surface area contributed by atoms with Crippen molar-refractivity contribution >= 4 is 0 Å². The molecular formula is C10H19N. The van der Waals surface area contributed by atoms with Crippen LogP contribution in [-0.4, -0.2) is 25.0 Å². The summed E-state index contributed by atoms with van der Waals surface area (Å²) in [6.45, 7) is 6.99. The molecule has 0 aromatic carbocycles. The molecule has 1 saturated heterocycles. The minimum Gasteiger partial charge on any atom is -0.306 e. The lowest BCUT2D eigenvalue weighted by Gasteiger charge is -2.33. The van der Waals surface area contributed by atoms with Gasteiger partial charge in [-0.05, 0) is 38.8 Å². The minimum absolute atomic E-state index is 0.830. The molecule has 1 nitrogen and oxygen atoms in total. The Morgan fingerprint density at radius 3 is 2.73 bits per heavy atom. The maximum Gasteiger partial charge on any atom is 0.000960 e. The average Bonchev–Trinajstić information content (AvgIpc) is 1.95. The Labute approximate surface area is 70.1 Å². The molecular weight excluding hydrogens is 134 g/mol. The largest absolute Gasteiger partial charge is 0.306 e. The fraction of sp³-hybridized carbons (Fsp3) is 0.800. The summed E-state index contributed by atoms with van der Waals surface area (Å²) in [5.74, 6) is 1.67. The quantitative estimate of drug-likeness (QED) is 0.522. The number of hydrogen-bond donors (Lipinski definition) is 0. The molecule has 0 aliphatic carbocycles. The Hall–Kier alpha value is -0.300. The molecule has 0 aromatic heterocycles. The number of hydrogen-bond acceptors (Lipinski definition) is 1. The molecule has 0 N–H and O–H groups in total. The first kappa shape index (κ1) is 8.79. The number of piperidine rings is 1. The number of likely N-dealkylation sites (tertiary alicyclic amines) is 1. The molecule has 64 valence electrons. The van der Waals surface area contributed by atoms with Crippen molar-refractivity contribution in [1.82, 2.24) is 4.90 Å². The Morgan fingerprint density at radius 2 is 2.18 bits per heavy atom. The van der Waals surface area contributed by atoms with Crippen LogP contribution in [-0.2, 0) is 0 Å². The normalized spacial score (nSPS) is 34.8. The van der Waals surface area contributed by atoms with Gasteiger partial charge in [-0.1, -0.05) is 19.1 Å². The molecule has 2 atom stereocenters. The van der Waals surface area contributed by atoms with Crippen molar-refractivity contribution in [2.75, 3.05) is 20.1 Å². The van der Waals surface area contributed by atoms with E-state index in [1.54, 1.807) is 0 Å². The maximum absolute atomic E-state index is 2.42. The molecule has 1 rings (SSSR count). The summed E-state index contributed by atoms with van der Waals surface area (Å²) in [6.07, 6.45) is 5.88. The predicted octanol–water partition coefficient (Wildman–Crippen LogP) is 2.15. The lowest BCUT2D eigenvalue weighted by atomic mass is 9.87. The highest BCUT2D eigenvalue weighted by molar-refractivity contribution is 4.91. The van der Waals surface area contributed by atoms with Gasteiger partial charge in [0.05, 0.1) is 0 Å². The third-order valence-electron chi connectivity index (χ3n) is 2.61. The van der Waals surface area contributed by atoms with Crippen LogP contribution in [0.4, 0.5) is 0 Å². The van der Waals surface area contributed by atoms with Crippen LogP contribution in [0.2, 0.25) is 0 Å². The van der Waals surface area contributed by atoms with Gasteiger partial charge in [-0.25, -0.2) is 0 Å². The highest BCUT2D eigenvalue weighted by Gasteiger charge is 2.21. The third-order valence-corrected chi connectivity index (χ3v) is 2.61. The van der Waals surface area contributed by atoms with Crippen molar-refractivity contribution in [3.05, 3.63) is 12.2 Å². The maximum atomic E-state index is 2.42. The lowest BCUT2D eigenvalue weighted by molar-refractivity contribution is 0.182. The summed E-state index contributed by atoms with van der Waals surface area (Å²) in [6, 6.07) is 0. The van der Waals surface area contributed by atoms with Gasteiger partial charge in [0.1, 0.15) is 0 Å². The minimum atomic E-state index is 0.830. The summed E-state index contributed by atoms with van der Waals surface area (Å²) in [5, 5.41) is 0. The highest BCUT2D eigenvalue weighted by atomic mass is 15.1. The first-order valence-electron chi connectivity index (χ1n) is 4.55. The Kier molecular flexibility index (Phi) is 3.13. The fourth-order valence-electron chi connectivity index (χ4n) is 1.91. The van der Waals surface area contributed by atoms with Gasteiger partial charge in [-0.15, -0.1) is 0 Å². The van der Waals surface area contributed by atoms with Crippen LogP contribution in [0, 0.1) is 11.8 Å². The van der Waals surface area contributed by atoms with E-state index in [0.29, 0.717) is 0 Å². The molecule has 0 bridgehead atoms. The van der Waals surface area contributed by atoms with Crippen LogP contribution < -0.4 is 0 Å². The van der Waals surface area contributed by atoms with E-state index >= 15 is 0 Å². The second-order valence-corrected chi connectivity index (χ2v) is 3.72. The van der Waals surface area contributed by atoms with E-state index in [-0.39, 0.29) is 0 Å². The van der Waals surface area contributed by atoms with Crippen LogP contribution in [0.1, 0.15) is 20.3 Å². The Bertz CT molecular complexity index is 140. The molecule has 0 spiro atoms. The molecule has 1 heterocycles. The van der Waals surface area contributed by atoms with Crippen molar-refractivity contribution in [2.45, 2.75) is 20.3 Å². The van der Waals surface area contributed by atoms with Gasteiger partial charge < -0.3 is 4.90 Å². The van der Waals surface area contributed by atoms with Gasteiger partial charge in [-0.3, -0.25) is 0 Å². The lowest BCUT2D eigenvalue weighted by Crippen LogP contribution is -2.35. The Balaban J connectivity index is 2.43. The smallest absolute Gasteiger partial charge is 0.000960 e. The van der Waals surface area contributed by atoms with Crippen molar-refractivity contribution in [3.8, 4) is 0 Å². The van der Waals surface area contributed by atoms with Gasteiger partial charge >= 0.3 is 0 Å². The zero-order valence-corrected chi connectivity index (χ0v) is 7.88. The van der Waals surface area contributed by atoms with Crippen LogP contribution in [0.5, 0.6) is 0 Å². The zero-order chi connectivity index (χ0) is 8.27. The SMILES string of the molecule is C/C=C/C1CCN(C)CC1C. The van der Waals surface area contributed by atoms with Crippen LogP contribution in [0.3, 0.4) is 0 Å². The van der Waals surface area contributed by atoms with Crippen molar-refractivity contribution in [3.63, 3.8) is 0 Å². The summed E-state index contributed by atoms with van der Waals surface area (Å²) in [7, 11) is 2.21. The summed E-state index contributed by atoms with van der Waals surface area (Å²) >= 11 is 0. The topological polar surface area (TPSA) is 3.24 Å². The summed E-state index contributed by atoms with van der Waals surface area (Å²) in [4.78, 5) is 2.42. The summed E-state index contributed by atoms with van der Waals surface area (Å²) in [5.41, 5.74) is 0. The molecule has 1 heteroatoms. The van der Waals surface area contributed by atoms with E-state index in [2.05, 4.69) is 37.9 Å². The predicted molar refractivity (Wildman–Crippen MR) is 49.6 cm³/mol. The second kappa shape index (κ2) is 3.91. The van der Waals surface area contributed by atoms with Gasteiger partial charge in [0.2, 0.25) is 0 Å². The number of nitrogens with zero attached hydrogens (tertiary/aromatic N) is 1. The van der Waals surface area contributed by atoms with Gasteiger partial charge in [0.25, 0.3) is 0 Å². The molecule has 0 radical (unpaired) electrons. The molecule has 0 saturated carbocycles. The van der Waals surface area contributed by atoms with Gasteiger partial charge in [0.15, 0.2) is 0 Å². The third kappa shape index (κ3) is 2.33. The number of rotatable bonds is 1. The van der Waals surface area contributed by atoms with Crippen molar-refractivity contribution in [1.29, 1.82) is 0 Å². The molecule has 2 unspecified atom stereocenters. The first-order chi connectivity index (χ1) is 5.24. The first-order valence-corrected chi connectivity index (χ1v) is 4.55. The molecule has 11 heavy (non-hydrogen) atoms. The van der Waals surface area contributed by atoms with E-state index in [9.17, 15) is 0 Å². The van der Waals surface area contributed by atoms with E-state index in [4.69, 9.17) is 0 Å². The zero-order valence-electron chi connectivity index (χ0n) is 7.88. The van der Waals surface area contributed by atoms with Gasteiger partial charge in [-0.2, -0.15) is 0 Å². The molecule has 1 aliphatic rings. The van der Waals surface area contributed by atoms with Crippen LogP contribution >= 0.6 is 0 Å². The van der Waals surface area contributed by atoms with E-state index in [1.807, 2.05) is 0 Å². The van der Waals surface area contributed by atoms with Crippen molar-refractivity contribution < 1.29 is 0 Å². The van der Waals surface area contributed by atoms with E-state index < -0.39 is 0 Å². The molecule has 1 fully saturated rings. The molecule has 1 aliphatic heterocycles. The Morgan fingerprint density at radius 1 is 1.45 bits per heavy atom. The van der Waals surface area contributed by atoms with E-state index in [0.717, 1.165) is 11.8 Å². The van der Waals surface area contributed by atoms with Crippen molar-refractivity contribution in [2.24, 2.45) is 11.8 Å². The standard InChI is InChI=1S/C10H19N/c1-4-5-10-6-7-11(3)8-9(10)2/h4-5,9-10H,6-8H2,1-3H3/b5-4+.